The van der Waals surface area contributed by atoms with Crippen molar-refractivity contribution in [3.8, 4) is 0 Å². The van der Waals surface area contributed by atoms with Crippen molar-refractivity contribution in [3.05, 3.63) is 76.3 Å². The Morgan fingerprint density at radius 2 is 1.63 bits per heavy atom. The fourth-order valence-corrected chi connectivity index (χ4v) is 3.59. The van der Waals surface area contributed by atoms with E-state index >= 15 is 0 Å². The summed E-state index contributed by atoms with van der Waals surface area (Å²) in [7, 11) is 1.92. The van der Waals surface area contributed by atoms with Gasteiger partial charge in [0.25, 0.3) is 11.5 Å². The highest BCUT2D eigenvalue weighted by molar-refractivity contribution is 6.05. The molecule has 8 heteroatoms. The summed E-state index contributed by atoms with van der Waals surface area (Å²) >= 11 is 0. The molecule has 4 aromatic rings. The van der Waals surface area contributed by atoms with Gasteiger partial charge >= 0.3 is 0 Å². The van der Waals surface area contributed by atoms with E-state index in [4.69, 9.17) is 0 Å². The van der Waals surface area contributed by atoms with E-state index in [0.717, 1.165) is 16.5 Å². The molecular weight excluding hydrogens is 382 g/mol. The Bertz CT molecular complexity index is 1340. The van der Waals surface area contributed by atoms with E-state index in [1.165, 1.54) is 4.68 Å². The summed E-state index contributed by atoms with van der Waals surface area (Å²) in [4.78, 5) is 37.5. The predicted molar refractivity (Wildman–Crippen MR) is 114 cm³/mol. The number of nitrogens with one attached hydrogen (secondary N) is 2. The summed E-state index contributed by atoms with van der Waals surface area (Å²) in [6.07, 6.45) is 2.02. The minimum Gasteiger partial charge on any atom is -0.350 e. The molecule has 2 amide bonds. The zero-order valence-electron chi connectivity index (χ0n) is 16.7. The third-order valence-corrected chi connectivity index (χ3v) is 5.03. The van der Waals surface area contributed by atoms with E-state index in [1.807, 2.05) is 42.1 Å². The molecule has 0 radical (unpaired) electrons. The highest BCUT2D eigenvalue weighted by Gasteiger charge is 2.17. The zero-order chi connectivity index (χ0) is 21.3. The number of amides is 2. The van der Waals surface area contributed by atoms with Crippen LogP contribution in [0, 0.1) is 0 Å². The van der Waals surface area contributed by atoms with Crippen LogP contribution in [-0.2, 0) is 24.8 Å². The number of aromatic nitrogens is 3. The first kappa shape index (κ1) is 19.4. The van der Waals surface area contributed by atoms with Crippen LogP contribution in [0.5, 0.6) is 0 Å². The average molecular weight is 403 g/mol. The minimum absolute atomic E-state index is 0.0810. The maximum atomic E-state index is 12.7. The molecule has 0 saturated carbocycles. The van der Waals surface area contributed by atoms with Crippen LogP contribution in [0.1, 0.15) is 23.0 Å². The third-order valence-electron chi connectivity index (χ3n) is 5.03. The highest BCUT2D eigenvalue weighted by atomic mass is 16.2. The number of para-hydroxylation sites is 1. The number of hydrazine groups is 1. The van der Waals surface area contributed by atoms with Gasteiger partial charge in [-0.05, 0) is 24.6 Å². The van der Waals surface area contributed by atoms with Crippen LogP contribution in [-0.4, -0.2) is 26.2 Å². The Labute approximate surface area is 172 Å². The molecule has 0 aliphatic rings. The molecule has 30 heavy (non-hydrogen) atoms. The lowest BCUT2D eigenvalue weighted by Gasteiger charge is -2.11. The van der Waals surface area contributed by atoms with Crippen LogP contribution in [0.25, 0.3) is 21.7 Å². The van der Waals surface area contributed by atoms with Gasteiger partial charge in [-0.15, -0.1) is 0 Å². The third kappa shape index (κ3) is 3.43. The van der Waals surface area contributed by atoms with Gasteiger partial charge in [0.05, 0.1) is 11.8 Å². The number of nitrogens with zero attached hydrogens (tertiary/aromatic N) is 3. The molecule has 0 aliphatic heterocycles. The maximum Gasteiger partial charge on any atom is 0.290 e. The quantitative estimate of drug-likeness (QED) is 0.509. The Hall–Kier alpha value is -3.94. The lowest BCUT2D eigenvalue weighted by Crippen LogP contribution is -2.43. The number of hydrogen-bond acceptors (Lipinski definition) is 4. The van der Waals surface area contributed by atoms with Crippen molar-refractivity contribution in [2.75, 3.05) is 0 Å². The molecule has 4 rings (SSSR count). The topological polar surface area (TPSA) is 98.0 Å². The number of hydrogen-bond donors (Lipinski definition) is 2. The normalized spacial score (nSPS) is 11.0. The molecule has 2 aromatic heterocycles. The number of carbonyl (C=O) groups is 2. The van der Waals surface area contributed by atoms with Gasteiger partial charge in [-0.3, -0.25) is 25.2 Å². The Morgan fingerprint density at radius 1 is 0.967 bits per heavy atom. The molecule has 0 aliphatic carbocycles. The van der Waals surface area contributed by atoms with Gasteiger partial charge in [-0.1, -0.05) is 36.4 Å². The second kappa shape index (κ2) is 7.82. The fourth-order valence-electron chi connectivity index (χ4n) is 3.59. The van der Waals surface area contributed by atoms with E-state index in [1.54, 1.807) is 31.2 Å². The monoisotopic (exact) mass is 403 g/mol. The Kier molecular flexibility index (Phi) is 5.05. The molecule has 0 bridgehead atoms. The van der Waals surface area contributed by atoms with Gasteiger partial charge in [0, 0.05) is 36.1 Å². The zero-order valence-corrected chi connectivity index (χ0v) is 16.7. The fraction of sp³-hybridized carbons (Fsp3) is 0.182. The summed E-state index contributed by atoms with van der Waals surface area (Å²) < 4.78 is 3.19. The summed E-state index contributed by atoms with van der Waals surface area (Å²) in [5.74, 6) is -0.938. The first-order valence-corrected chi connectivity index (χ1v) is 9.61. The van der Waals surface area contributed by atoms with Crippen molar-refractivity contribution in [1.82, 2.24) is 25.2 Å². The van der Waals surface area contributed by atoms with Crippen LogP contribution < -0.4 is 16.4 Å². The van der Waals surface area contributed by atoms with Gasteiger partial charge in [-0.2, -0.15) is 5.10 Å². The van der Waals surface area contributed by atoms with Crippen LogP contribution >= 0.6 is 0 Å². The molecule has 2 heterocycles. The maximum absolute atomic E-state index is 12.7. The van der Waals surface area contributed by atoms with E-state index < -0.39 is 5.91 Å². The second-order valence-corrected chi connectivity index (χ2v) is 6.98. The van der Waals surface area contributed by atoms with Crippen molar-refractivity contribution in [2.24, 2.45) is 7.05 Å². The van der Waals surface area contributed by atoms with Crippen molar-refractivity contribution in [3.63, 3.8) is 0 Å². The largest absolute Gasteiger partial charge is 0.350 e. The molecule has 0 spiro atoms. The molecule has 0 unspecified atom stereocenters. The smallest absolute Gasteiger partial charge is 0.290 e. The predicted octanol–water partition coefficient (Wildman–Crippen LogP) is 1.91. The molecular formula is C22H21N5O3. The summed E-state index contributed by atoms with van der Waals surface area (Å²) in [6, 6.07) is 14.6. The van der Waals surface area contributed by atoms with Gasteiger partial charge in [0.1, 0.15) is 0 Å². The molecule has 8 nitrogen and oxygen atoms in total. The van der Waals surface area contributed by atoms with E-state index in [9.17, 15) is 14.4 Å². The molecule has 152 valence electrons. The highest BCUT2D eigenvalue weighted by Crippen LogP contribution is 2.20. The van der Waals surface area contributed by atoms with Gasteiger partial charge < -0.3 is 4.57 Å². The van der Waals surface area contributed by atoms with E-state index in [0.29, 0.717) is 17.3 Å². The Morgan fingerprint density at radius 3 is 2.37 bits per heavy atom. The van der Waals surface area contributed by atoms with Gasteiger partial charge in [0.2, 0.25) is 5.91 Å². The van der Waals surface area contributed by atoms with Crippen molar-refractivity contribution < 1.29 is 9.59 Å². The van der Waals surface area contributed by atoms with Crippen LogP contribution in [0.3, 0.4) is 0 Å². The standard InChI is InChI=1S/C22H21N5O3/c1-3-27-22(30)17-10-5-4-9-16(17)20(25-27)21(29)24-23-19(28)12-14-13-26(2)18-11-7-6-8-15(14)18/h4-11,13H,3,12H2,1-2H3,(H,23,28)(H,24,29). The average Bonchev–Trinajstić information content (AvgIpc) is 3.08. The van der Waals surface area contributed by atoms with Crippen LogP contribution in [0.4, 0.5) is 0 Å². The van der Waals surface area contributed by atoms with Crippen LogP contribution in [0.15, 0.2) is 59.5 Å². The summed E-state index contributed by atoms with van der Waals surface area (Å²) in [5, 5.41) is 5.99. The van der Waals surface area contributed by atoms with Crippen molar-refractivity contribution >= 4 is 33.5 Å². The lowest BCUT2D eigenvalue weighted by molar-refractivity contribution is -0.121. The van der Waals surface area contributed by atoms with Crippen molar-refractivity contribution in [2.45, 2.75) is 19.9 Å². The molecule has 0 saturated heterocycles. The number of rotatable bonds is 4. The lowest BCUT2D eigenvalue weighted by atomic mass is 10.1. The first-order valence-electron chi connectivity index (χ1n) is 9.61. The summed E-state index contributed by atoms with van der Waals surface area (Å²) in [6.45, 7) is 2.11. The molecule has 2 aromatic carbocycles. The number of fused-ring (bicyclic) bond motifs is 2. The van der Waals surface area contributed by atoms with Gasteiger partial charge in [-0.25, -0.2) is 4.68 Å². The Balaban J connectivity index is 1.53. The SMILES string of the molecule is CCn1nc(C(=O)NNC(=O)Cc2cn(C)c3ccccc23)c2ccccc2c1=O. The molecule has 2 N–H and O–H groups in total. The number of carbonyl (C=O) groups excluding carboxylic acids is 2. The van der Waals surface area contributed by atoms with Gasteiger partial charge in [0.15, 0.2) is 5.69 Å². The van der Waals surface area contributed by atoms with Crippen LogP contribution in [0.2, 0.25) is 0 Å². The summed E-state index contributed by atoms with van der Waals surface area (Å²) in [5.41, 5.74) is 6.57. The minimum atomic E-state index is -0.584. The first-order chi connectivity index (χ1) is 14.5. The molecule has 0 atom stereocenters. The number of benzene rings is 2. The van der Waals surface area contributed by atoms with Crippen molar-refractivity contribution in [1.29, 1.82) is 0 Å². The second-order valence-electron chi connectivity index (χ2n) is 6.98. The van der Waals surface area contributed by atoms with E-state index in [-0.39, 0.29) is 23.6 Å². The molecule has 0 fully saturated rings. The number of aryl methyl sites for hydroxylation is 2. The van der Waals surface area contributed by atoms with E-state index in [2.05, 4.69) is 16.0 Å².